The predicted octanol–water partition coefficient (Wildman–Crippen LogP) is 2.79. The first kappa shape index (κ1) is 17.3. The van der Waals surface area contributed by atoms with Gasteiger partial charge in [0, 0.05) is 18.4 Å². The molecule has 0 bridgehead atoms. The lowest BCUT2D eigenvalue weighted by Gasteiger charge is -2.27. The normalized spacial score (nSPS) is 20.3. The lowest BCUT2D eigenvalue weighted by Crippen LogP contribution is -2.55. The van der Waals surface area contributed by atoms with Crippen molar-refractivity contribution < 1.29 is 14.7 Å². The molecule has 136 valence electrons. The number of amides is 1. The van der Waals surface area contributed by atoms with Gasteiger partial charge in [0.25, 0.3) is 5.91 Å². The Morgan fingerprint density at radius 3 is 2.59 bits per heavy atom. The number of hydrogen-bond donors (Lipinski definition) is 2. The Bertz CT molecular complexity index is 990. The molecular formula is C22H20N2O3. The van der Waals surface area contributed by atoms with Gasteiger partial charge in [-0.2, -0.15) is 5.26 Å². The molecule has 0 heterocycles. The topological polar surface area (TPSA) is 90.2 Å². The van der Waals surface area contributed by atoms with Gasteiger partial charge in [-0.15, -0.1) is 0 Å². The number of carboxylic acid groups (broad SMARTS) is 1. The van der Waals surface area contributed by atoms with Crippen LogP contribution in [0, 0.1) is 11.3 Å². The molecule has 2 aromatic rings. The van der Waals surface area contributed by atoms with Gasteiger partial charge in [-0.1, -0.05) is 18.2 Å². The van der Waals surface area contributed by atoms with E-state index in [1.54, 1.807) is 24.3 Å². The first-order valence-electron chi connectivity index (χ1n) is 9.21. The van der Waals surface area contributed by atoms with Crippen LogP contribution in [0.1, 0.15) is 51.0 Å². The summed E-state index contributed by atoms with van der Waals surface area (Å²) < 4.78 is 0. The number of carbonyl (C=O) groups is 2. The summed E-state index contributed by atoms with van der Waals surface area (Å²) in [6.07, 6.45) is 4.39. The van der Waals surface area contributed by atoms with E-state index in [-0.39, 0.29) is 18.7 Å². The summed E-state index contributed by atoms with van der Waals surface area (Å²) in [4.78, 5) is 25.2. The minimum atomic E-state index is -1.37. The molecule has 0 spiro atoms. The van der Waals surface area contributed by atoms with Crippen molar-refractivity contribution in [1.29, 1.82) is 5.26 Å². The summed E-state index contributed by atoms with van der Waals surface area (Å²) in [5, 5.41) is 21.8. The fourth-order valence-electron chi connectivity index (χ4n) is 4.32. The van der Waals surface area contributed by atoms with Gasteiger partial charge in [-0.3, -0.25) is 4.79 Å². The second kappa shape index (κ2) is 6.55. The Kier molecular flexibility index (Phi) is 4.19. The smallest absolute Gasteiger partial charge is 0.330 e. The summed E-state index contributed by atoms with van der Waals surface area (Å²) in [5.41, 5.74) is 3.62. The molecule has 0 radical (unpaired) electrons. The van der Waals surface area contributed by atoms with Crippen LogP contribution in [0.25, 0.3) is 0 Å². The van der Waals surface area contributed by atoms with Crippen molar-refractivity contribution in [3.05, 3.63) is 69.8 Å². The summed E-state index contributed by atoms with van der Waals surface area (Å²) in [7, 11) is 0. The number of nitrogens with one attached hydrogen (secondary N) is 1. The number of fused-ring (bicyclic) bond motifs is 2. The molecule has 0 fully saturated rings. The van der Waals surface area contributed by atoms with Gasteiger partial charge < -0.3 is 10.4 Å². The van der Waals surface area contributed by atoms with Gasteiger partial charge in [-0.05, 0) is 66.1 Å². The van der Waals surface area contributed by atoms with Crippen LogP contribution in [-0.4, -0.2) is 22.5 Å². The van der Waals surface area contributed by atoms with E-state index in [1.807, 2.05) is 12.1 Å². The number of nitrogens with zero attached hydrogens (tertiary/aromatic N) is 1. The number of hydrogen-bond acceptors (Lipinski definition) is 3. The highest BCUT2D eigenvalue weighted by molar-refractivity contribution is 5.99. The molecule has 1 atom stereocenters. The first-order valence-corrected chi connectivity index (χ1v) is 9.21. The van der Waals surface area contributed by atoms with E-state index in [9.17, 15) is 14.7 Å². The van der Waals surface area contributed by atoms with Gasteiger partial charge in [0.15, 0.2) is 0 Å². The summed E-state index contributed by atoms with van der Waals surface area (Å²) in [5.74, 6) is -1.38. The monoisotopic (exact) mass is 360 g/mol. The van der Waals surface area contributed by atoms with Crippen molar-refractivity contribution >= 4 is 11.9 Å². The standard InChI is InChI=1S/C22H20N2O3/c23-13-14-8-9-16-11-22(21(26)27,12-17(16)10-14)24-20(25)19-7-3-5-15-4-1-2-6-18(15)19/h3,5,7-10H,1-2,4,6,11-12H2,(H,24,25)(H,26,27). The quantitative estimate of drug-likeness (QED) is 0.881. The lowest BCUT2D eigenvalue weighted by molar-refractivity contribution is -0.144. The van der Waals surface area contributed by atoms with Crippen LogP contribution in [0.2, 0.25) is 0 Å². The largest absolute Gasteiger partial charge is 0.479 e. The SMILES string of the molecule is N#Cc1ccc2c(c1)CC(NC(=O)c1cccc3c1CCCC3)(C(=O)O)C2. The Morgan fingerprint density at radius 2 is 1.81 bits per heavy atom. The molecule has 2 aromatic carbocycles. The van der Waals surface area contributed by atoms with Gasteiger partial charge in [0.1, 0.15) is 5.54 Å². The van der Waals surface area contributed by atoms with Crippen LogP contribution < -0.4 is 5.32 Å². The Hall–Kier alpha value is -3.13. The Balaban J connectivity index is 1.65. The van der Waals surface area contributed by atoms with Crippen LogP contribution in [0.15, 0.2) is 36.4 Å². The molecule has 2 aliphatic carbocycles. The van der Waals surface area contributed by atoms with Crippen molar-refractivity contribution in [2.24, 2.45) is 0 Å². The van der Waals surface area contributed by atoms with E-state index < -0.39 is 11.5 Å². The molecule has 0 aromatic heterocycles. The molecule has 5 heteroatoms. The maximum Gasteiger partial charge on any atom is 0.330 e. The zero-order chi connectivity index (χ0) is 19.0. The zero-order valence-electron chi connectivity index (χ0n) is 14.9. The van der Waals surface area contributed by atoms with Crippen molar-refractivity contribution in [2.45, 2.75) is 44.1 Å². The van der Waals surface area contributed by atoms with E-state index in [2.05, 4.69) is 11.4 Å². The van der Waals surface area contributed by atoms with Gasteiger partial charge >= 0.3 is 5.97 Å². The number of carbonyl (C=O) groups excluding carboxylic acids is 1. The van der Waals surface area contributed by atoms with Crippen molar-refractivity contribution in [3.8, 4) is 6.07 Å². The number of rotatable bonds is 3. The maximum absolute atomic E-state index is 13.0. The molecule has 1 unspecified atom stereocenters. The van der Waals surface area contributed by atoms with E-state index in [0.717, 1.165) is 42.4 Å². The molecule has 4 rings (SSSR count). The first-order chi connectivity index (χ1) is 13.0. The van der Waals surface area contributed by atoms with Gasteiger partial charge in [0.05, 0.1) is 11.6 Å². The van der Waals surface area contributed by atoms with Gasteiger partial charge in [-0.25, -0.2) is 4.79 Å². The Labute approximate surface area is 157 Å². The fraction of sp³-hybridized carbons (Fsp3) is 0.318. The minimum Gasteiger partial charge on any atom is -0.479 e. The van der Waals surface area contributed by atoms with E-state index >= 15 is 0 Å². The number of aryl methyl sites for hydroxylation is 1. The van der Waals surface area contributed by atoms with Crippen molar-refractivity contribution in [3.63, 3.8) is 0 Å². The molecule has 2 aliphatic rings. The predicted molar refractivity (Wildman–Crippen MR) is 99.5 cm³/mol. The second-order valence-electron chi connectivity index (χ2n) is 7.44. The third kappa shape index (κ3) is 2.97. The second-order valence-corrected chi connectivity index (χ2v) is 7.44. The highest BCUT2D eigenvalue weighted by Gasteiger charge is 2.45. The van der Waals surface area contributed by atoms with Crippen LogP contribution in [-0.2, 0) is 30.5 Å². The third-order valence-electron chi connectivity index (χ3n) is 5.72. The summed E-state index contributed by atoms with van der Waals surface area (Å²) in [6.45, 7) is 0. The molecule has 0 saturated carbocycles. The summed E-state index contributed by atoms with van der Waals surface area (Å²) in [6, 6.07) is 13.0. The highest BCUT2D eigenvalue weighted by Crippen LogP contribution is 2.32. The Morgan fingerprint density at radius 1 is 1.04 bits per heavy atom. The number of benzene rings is 2. The molecular weight excluding hydrogens is 340 g/mol. The third-order valence-corrected chi connectivity index (χ3v) is 5.72. The van der Waals surface area contributed by atoms with Crippen LogP contribution in [0.5, 0.6) is 0 Å². The maximum atomic E-state index is 13.0. The minimum absolute atomic E-state index is 0.188. The molecule has 2 N–H and O–H groups in total. The van der Waals surface area contributed by atoms with Crippen LogP contribution in [0.3, 0.4) is 0 Å². The number of carboxylic acids is 1. The van der Waals surface area contributed by atoms with Crippen molar-refractivity contribution in [2.75, 3.05) is 0 Å². The molecule has 27 heavy (non-hydrogen) atoms. The van der Waals surface area contributed by atoms with Crippen LogP contribution in [0.4, 0.5) is 0 Å². The molecule has 1 amide bonds. The van der Waals surface area contributed by atoms with E-state index in [1.165, 1.54) is 5.56 Å². The van der Waals surface area contributed by atoms with Gasteiger partial charge in [0.2, 0.25) is 0 Å². The average molecular weight is 360 g/mol. The highest BCUT2D eigenvalue weighted by atomic mass is 16.4. The molecule has 5 nitrogen and oxygen atoms in total. The van der Waals surface area contributed by atoms with Crippen LogP contribution >= 0.6 is 0 Å². The average Bonchev–Trinajstić information content (AvgIpc) is 3.05. The fourth-order valence-corrected chi connectivity index (χ4v) is 4.32. The van der Waals surface area contributed by atoms with E-state index in [4.69, 9.17) is 5.26 Å². The zero-order valence-corrected chi connectivity index (χ0v) is 14.9. The molecule has 0 aliphatic heterocycles. The number of aliphatic carboxylic acids is 1. The lowest BCUT2D eigenvalue weighted by atomic mass is 9.87. The van der Waals surface area contributed by atoms with Crippen molar-refractivity contribution in [1.82, 2.24) is 5.32 Å². The molecule has 0 saturated heterocycles. The van der Waals surface area contributed by atoms with E-state index in [0.29, 0.717) is 11.1 Å². The summed E-state index contributed by atoms with van der Waals surface area (Å²) >= 11 is 0. The number of nitriles is 1.